The fourth-order valence-corrected chi connectivity index (χ4v) is 2.17. The summed E-state index contributed by atoms with van der Waals surface area (Å²) in [4.78, 5) is 16.6. The molecule has 0 atom stereocenters. The van der Waals surface area contributed by atoms with Crippen LogP contribution in [0.2, 0.25) is 0 Å². The van der Waals surface area contributed by atoms with Gasteiger partial charge in [-0.15, -0.1) is 0 Å². The highest BCUT2D eigenvalue weighted by Crippen LogP contribution is 2.21. The summed E-state index contributed by atoms with van der Waals surface area (Å²) in [6, 6.07) is 3.74. The molecule has 0 fully saturated rings. The van der Waals surface area contributed by atoms with Gasteiger partial charge in [0.05, 0.1) is 17.8 Å². The number of hydrogen-bond donors (Lipinski definition) is 0. The van der Waals surface area contributed by atoms with Crippen LogP contribution in [0.15, 0.2) is 24.5 Å². The van der Waals surface area contributed by atoms with Gasteiger partial charge < -0.3 is 9.47 Å². The van der Waals surface area contributed by atoms with Crippen molar-refractivity contribution in [3.63, 3.8) is 0 Å². The average Bonchev–Trinajstić information content (AvgIpc) is 2.80. The van der Waals surface area contributed by atoms with Gasteiger partial charge in [0.15, 0.2) is 0 Å². The summed E-state index contributed by atoms with van der Waals surface area (Å²) in [5.74, 6) is 0. The van der Waals surface area contributed by atoms with Crippen LogP contribution < -0.4 is 0 Å². The molecule has 0 aliphatic carbocycles. The van der Waals surface area contributed by atoms with Gasteiger partial charge in [-0.25, -0.2) is 9.36 Å². The second kappa shape index (κ2) is 6.92. The third kappa shape index (κ3) is 4.07. The summed E-state index contributed by atoms with van der Waals surface area (Å²) >= 11 is 0. The van der Waals surface area contributed by atoms with Crippen molar-refractivity contribution in [2.45, 2.75) is 52.7 Å². The van der Waals surface area contributed by atoms with Gasteiger partial charge >= 0.3 is 6.09 Å². The predicted molar refractivity (Wildman–Crippen MR) is 85.9 cm³/mol. The van der Waals surface area contributed by atoms with Crippen molar-refractivity contribution >= 4 is 17.0 Å². The number of fused-ring (bicyclic) bond motifs is 1. The highest BCUT2D eigenvalue weighted by molar-refractivity contribution is 5.90. The second-order valence-electron chi connectivity index (χ2n) is 6.29. The Morgan fingerprint density at radius 2 is 2.14 bits per heavy atom. The molecular weight excluding hydrogens is 280 g/mol. The minimum absolute atomic E-state index is 0.383. The summed E-state index contributed by atoms with van der Waals surface area (Å²) in [5.41, 5.74) is 1.04. The topological polar surface area (TPSA) is 53.4 Å². The largest absolute Gasteiger partial charge is 0.443 e. The lowest BCUT2D eigenvalue weighted by Gasteiger charge is -2.21. The smallest absolute Gasteiger partial charge is 0.419 e. The quantitative estimate of drug-likeness (QED) is 0.779. The van der Waals surface area contributed by atoms with Crippen LogP contribution in [0.1, 0.15) is 46.2 Å². The zero-order valence-corrected chi connectivity index (χ0v) is 13.8. The fraction of sp³-hybridized carbons (Fsp3) is 0.529. The van der Waals surface area contributed by atoms with Crippen LogP contribution in [0.5, 0.6) is 0 Å². The lowest BCUT2D eigenvalue weighted by atomic mass is 10.2. The Morgan fingerprint density at radius 1 is 1.36 bits per heavy atom. The van der Waals surface area contributed by atoms with Crippen LogP contribution in [0.4, 0.5) is 4.79 Å². The Balaban J connectivity index is 2.29. The summed E-state index contributed by atoms with van der Waals surface area (Å²) in [6.07, 6.45) is 5.12. The highest BCUT2D eigenvalue weighted by atomic mass is 16.6. The summed E-state index contributed by atoms with van der Waals surface area (Å²) in [6.45, 7) is 8.76. The maximum atomic E-state index is 12.5. The van der Waals surface area contributed by atoms with Crippen molar-refractivity contribution in [3.8, 4) is 0 Å². The van der Waals surface area contributed by atoms with E-state index in [2.05, 4.69) is 11.9 Å². The van der Waals surface area contributed by atoms with E-state index in [9.17, 15) is 4.79 Å². The Morgan fingerprint density at radius 3 is 2.82 bits per heavy atom. The minimum atomic E-state index is -0.541. The molecule has 0 aromatic carbocycles. The number of nitrogens with zero attached hydrogens (tertiary/aromatic N) is 2. The maximum absolute atomic E-state index is 12.5. The van der Waals surface area contributed by atoms with E-state index < -0.39 is 5.60 Å². The molecule has 0 spiro atoms. The first kappa shape index (κ1) is 16.5. The first-order valence-corrected chi connectivity index (χ1v) is 7.68. The highest BCUT2D eigenvalue weighted by Gasteiger charge is 2.22. The van der Waals surface area contributed by atoms with Crippen LogP contribution in [-0.4, -0.2) is 27.9 Å². The molecule has 5 nitrogen and oxygen atoms in total. The molecule has 0 saturated carbocycles. The van der Waals surface area contributed by atoms with E-state index in [0.717, 1.165) is 29.4 Å². The van der Waals surface area contributed by atoms with Gasteiger partial charge in [-0.1, -0.05) is 13.3 Å². The number of pyridine rings is 1. The lowest BCUT2D eigenvalue weighted by Crippen LogP contribution is -2.28. The SMILES string of the molecule is CCCCOCc1cc2cnccc2n1C(=O)OC(C)(C)C. The van der Waals surface area contributed by atoms with E-state index >= 15 is 0 Å². The third-order valence-electron chi connectivity index (χ3n) is 3.15. The van der Waals surface area contributed by atoms with Crippen LogP contribution in [-0.2, 0) is 16.1 Å². The van der Waals surface area contributed by atoms with Gasteiger partial charge in [0.2, 0.25) is 0 Å². The fourth-order valence-electron chi connectivity index (χ4n) is 2.17. The molecule has 0 aliphatic heterocycles. The Kier molecular flexibility index (Phi) is 5.19. The number of carbonyl (C=O) groups excluding carboxylic acids is 1. The monoisotopic (exact) mass is 304 g/mol. The van der Waals surface area contributed by atoms with Crippen LogP contribution in [0, 0.1) is 0 Å². The average molecular weight is 304 g/mol. The van der Waals surface area contributed by atoms with Crippen molar-refractivity contribution in [1.29, 1.82) is 0 Å². The molecule has 2 heterocycles. The van der Waals surface area contributed by atoms with E-state index in [1.165, 1.54) is 0 Å². The zero-order chi connectivity index (χ0) is 16.2. The normalized spacial score (nSPS) is 11.8. The lowest BCUT2D eigenvalue weighted by molar-refractivity contribution is 0.0518. The molecule has 0 radical (unpaired) electrons. The predicted octanol–water partition coefficient (Wildman–Crippen LogP) is 4.14. The number of ether oxygens (including phenoxy) is 2. The van der Waals surface area contributed by atoms with E-state index in [-0.39, 0.29) is 6.09 Å². The van der Waals surface area contributed by atoms with Crippen molar-refractivity contribution in [2.24, 2.45) is 0 Å². The Labute approximate surface area is 131 Å². The Bertz CT molecular complexity index is 641. The first-order chi connectivity index (χ1) is 10.4. The molecule has 2 rings (SSSR count). The van der Waals surface area contributed by atoms with Gasteiger partial charge in [0.25, 0.3) is 0 Å². The number of hydrogen-bond acceptors (Lipinski definition) is 4. The van der Waals surface area contributed by atoms with Gasteiger partial charge in [-0.05, 0) is 39.3 Å². The molecule has 5 heteroatoms. The van der Waals surface area contributed by atoms with Crippen molar-refractivity contribution < 1.29 is 14.3 Å². The van der Waals surface area contributed by atoms with Crippen LogP contribution >= 0.6 is 0 Å². The molecule has 120 valence electrons. The summed E-state index contributed by atoms with van der Waals surface area (Å²) in [5, 5.41) is 0.905. The van der Waals surface area contributed by atoms with Gasteiger partial charge in [-0.2, -0.15) is 0 Å². The molecule has 0 bridgehead atoms. The van der Waals surface area contributed by atoms with Crippen LogP contribution in [0.3, 0.4) is 0 Å². The number of rotatable bonds is 5. The van der Waals surface area contributed by atoms with Gasteiger partial charge in [0.1, 0.15) is 5.60 Å². The molecule has 0 aliphatic rings. The van der Waals surface area contributed by atoms with Crippen molar-refractivity contribution in [1.82, 2.24) is 9.55 Å². The van der Waals surface area contributed by atoms with E-state index in [0.29, 0.717) is 13.2 Å². The summed E-state index contributed by atoms with van der Waals surface area (Å²) < 4.78 is 12.7. The van der Waals surface area contributed by atoms with E-state index in [1.807, 2.05) is 32.9 Å². The number of aromatic nitrogens is 2. The molecule has 0 unspecified atom stereocenters. The minimum Gasteiger partial charge on any atom is -0.443 e. The van der Waals surface area contributed by atoms with Gasteiger partial charge in [-0.3, -0.25) is 4.98 Å². The molecule has 0 amide bonds. The summed E-state index contributed by atoms with van der Waals surface area (Å²) in [7, 11) is 0. The zero-order valence-electron chi connectivity index (χ0n) is 13.8. The second-order valence-corrected chi connectivity index (χ2v) is 6.29. The van der Waals surface area contributed by atoms with E-state index in [1.54, 1.807) is 17.0 Å². The number of unbranched alkanes of at least 4 members (excludes halogenated alkanes) is 1. The van der Waals surface area contributed by atoms with E-state index in [4.69, 9.17) is 9.47 Å². The standard InChI is InChI=1S/C17H24N2O3/c1-5-6-9-21-12-14-10-13-11-18-8-7-15(13)19(14)16(20)22-17(2,3)4/h7-8,10-11H,5-6,9,12H2,1-4H3. The molecular formula is C17H24N2O3. The first-order valence-electron chi connectivity index (χ1n) is 7.68. The molecule has 2 aromatic rings. The molecule has 2 aromatic heterocycles. The molecule has 22 heavy (non-hydrogen) atoms. The maximum Gasteiger partial charge on any atom is 0.419 e. The van der Waals surface area contributed by atoms with Crippen molar-refractivity contribution in [2.75, 3.05) is 6.61 Å². The molecule has 0 N–H and O–H groups in total. The Hall–Kier alpha value is -1.88. The third-order valence-corrected chi connectivity index (χ3v) is 3.15. The molecule has 0 saturated heterocycles. The van der Waals surface area contributed by atoms with Gasteiger partial charge in [0, 0.05) is 24.4 Å². The van der Waals surface area contributed by atoms with Crippen LogP contribution in [0.25, 0.3) is 10.9 Å². The van der Waals surface area contributed by atoms with Crippen molar-refractivity contribution in [3.05, 3.63) is 30.2 Å². The number of carbonyl (C=O) groups is 1.